The van der Waals surface area contributed by atoms with Crippen molar-refractivity contribution in [2.75, 3.05) is 13.2 Å². The van der Waals surface area contributed by atoms with Crippen LogP contribution < -0.4 is 10.1 Å². The standard InChI is InChI=1S/C13H21NO2/c1-4-16-13-7-5-6-12(8-13)11(3)14-10(2)9-15/h5-8,10-11,14-15H,4,9H2,1-3H3/t10-,11?/m1/s1. The van der Waals surface area contributed by atoms with Crippen LogP contribution in [-0.2, 0) is 0 Å². The number of hydrogen-bond acceptors (Lipinski definition) is 3. The van der Waals surface area contributed by atoms with E-state index in [1.807, 2.05) is 32.0 Å². The molecule has 3 heteroatoms. The number of aliphatic hydroxyl groups excluding tert-OH is 1. The molecule has 0 saturated heterocycles. The van der Waals surface area contributed by atoms with Crippen molar-refractivity contribution in [3.63, 3.8) is 0 Å². The Kier molecular flexibility index (Phi) is 5.29. The Bertz CT molecular complexity index is 315. The van der Waals surface area contributed by atoms with Crippen LogP contribution in [0.25, 0.3) is 0 Å². The molecule has 0 radical (unpaired) electrons. The van der Waals surface area contributed by atoms with Crippen molar-refractivity contribution in [1.29, 1.82) is 0 Å². The largest absolute Gasteiger partial charge is 0.494 e. The summed E-state index contributed by atoms with van der Waals surface area (Å²) < 4.78 is 5.45. The summed E-state index contributed by atoms with van der Waals surface area (Å²) in [4.78, 5) is 0. The quantitative estimate of drug-likeness (QED) is 0.776. The molecule has 90 valence electrons. The minimum Gasteiger partial charge on any atom is -0.494 e. The summed E-state index contributed by atoms with van der Waals surface area (Å²) in [7, 11) is 0. The van der Waals surface area contributed by atoms with Crippen LogP contribution in [0.5, 0.6) is 5.75 Å². The van der Waals surface area contributed by atoms with Crippen molar-refractivity contribution >= 4 is 0 Å². The molecule has 0 aliphatic heterocycles. The van der Waals surface area contributed by atoms with Crippen LogP contribution in [0, 0.1) is 0 Å². The van der Waals surface area contributed by atoms with Crippen LogP contribution in [0.4, 0.5) is 0 Å². The lowest BCUT2D eigenvalue weighted by Gasteiger charge is -2.19. The van der Waals surface area contributed by atoms with Crippen molar-refractivity contribution in [3.8, 4) is 5.75 Å². The zero-order chi connectivity index (χ0) is 12.0. The summed E-state index contributed by atoms with van der Waals surface area (Å²) in [6.07, 6.45) is 0. The second-order valence-electron chi connectivity index (χ2n) is 3.98. The third kappa shape index (κ3) is 3.83. The van der Waals surface area contributed by atoms with Gasteiger partial charge in [0.25, 0.3) is 0 Å². The van der Waals surface area contributed by atoms with Gasteiger partial charge in [-0.05, 0) is 38.5 Å². The van der Waals surface area contributed by atoms with E-state index in [-0.39, 0.29) is 18.7 Å². The van der Waals surface area contributed by atoms with Crippen molar-refractivity contribution in [2.24, 2.45) is 0 Å². The average molecular weight is 223 g/mol. The van der Waals surface area contributed by atoms with E-state index in [2.05, 4.69) is 18.3 Å². The second-order valence-corrected chi connectivity index (χ2v) is 3.98. The molecule has 0 bridgehead atoms. The van der Waals surface area contributed by atoms with Crippen LogP contribution >= 0.6 is 0 Å². The van der Waals surface area contributed by atoms with Gasteiger partial charge in [0, 0.05) is 12.1 Å². The highest BCUT2D eigenvalue weighted by molar-refractivity contribution is 5.30. The Morgan fingerprint density at radius 1 is 1.38 bits per heavy atom. The van der Waals surface area contributed by atoms with E-state index in [0.717, 1.165) is 5.75 Å². The first-order valence-electron chi connectivity index (χ1n) is 5.77. The number of aliphatic hydroxyl groups is 1. The van der Waals surface area contributed by atoms with Gasteiger partial charge in [-0.2, -0.15) is 0 Å². The highest BCUT2D eigenvalue weighted by Gasteiger charge is 2.09. The first kappa shape index (κ1) is 13.0. The lowest BCUT2D eigenvalue weighted by atomic mass is 10.1. The van der Waals surface area contributed by atoms with E-state index in [9.17, 15) is 0 Å². The molecule has 0 aliphatic rings. The van der Waals surface area contributed by atoms with Crippen LogP contribution in [0.1, 0.15) is 32.4 Å². The Labute approximate surface area is 97.4 Å². The number of rotatable bonds is 6. The fraction of sp³-hybridized carbons (Fsp3) is 0.538. The molecule has 16 heavy (non-hydrogen) atoms. The van der Waals surface area contributed by atoms with Crippen molar-refractivity contribution in [1.82, 2.24) is 5.32 Å². The maximum Gasteiger partial charge on any atom is 0.119 e. The number of ether oxygens (including phenoxy) is 1. The zero-order valence-corrected chi connectivity index (χ0v) is 10.2. The van der Waals surface area contributed by atoms with Crippen LogP contribution in [-0.4, -0.2) is 24.4 Å². The smallest absolute Gasteiger partial charge is 0.119 e. The Balaban J connectivity index is 2.67. The molecule has 0 spiro atoms. The monoisotopic (exact) mass is 223 g/mol. The van der Waals surface area contributed by atoms with E-state index in [1.165, 1.54) is 5.56 Å². The molecule has 0 amide bonds. The minimum atomic E-state index is 0.103. The molecule has 0 aliphatic carbocycles. The molecule has 3 nitrogen and oxygen atoms in total. The topological polar surface area (TPSA) is 41.5 Å². The Morgan fingerprint density at radius 2 is 2.12 bits per heavy atom. The van der Waals surface area contributed by atoms with E-state index < -0.39 is 0 Å². The van der Waals surface area contributed by atoms with Gasteiger partial charge in [-0.25, -0.2) is 0 Å². The molecule has 1 unspecified atom stereocenters. The summed E-state index contributed by atoms with van der Waals surface area (Å²) in [5.74, 6) is 0.894. The predicted octanol–water partition coefficient (Wildman–Crippen LogP) is 2.12. The van der Waals surface area contributed by atoms with Crippen molar-refractivity contribution in [3.05, 3.63) is 29.8 Å². The summed E-state index contributed by atoms with van der Waals surface area (Å²) >= 11 is 0. The highest BCUT2D eigenvalue weighted by Crippen LogP contribution is 2.19. The maximum absolute atomic E-state index is 8.98. The fourth-order valence-electron chi connectivity index (χ4n) is 1.62. The van der Waals surface area contributed by atoms with Crippen LogP contribution in [0.3, 0.4) is 0 Å². The minimum absolute atomic E-state index is 0.103. The fourth-order valence-corrected chi connectivity index (χ4v) is 1.62. The van der Waals surface area contributed by atoms with E-state index in [4.69, 9.17) is 9.84 Å². The van der Waals surface area contributed by atoms with Gasteiger partial charge in [0.1, 0.15) is 5.75 Å². The molecular weight excluding hydrogens is 202 g/mol. The van der Waals surface area contributed by atoms with Crippen molar-refractivity contribution < 1.29 is 9.84 Å². The van der Waals surface area contributed by atoms with Gasteiger partial charge < -0.3 is 15.2 Å². The average Bonchev–Trinajstić information content (AvgIpc) is 2.29. The maximum atomic E-state index is 8.98. The molecule has 2 N–H and O–H groups in total. The zero-order valence-electron chi connectivity index (χ0n) is 10.2. The molecular formula is C13H21NO2. The second kappa shape index (κ2) is 6.51. The normalized spacial score (nSPS) is 14.5. The van der Waals surface area contributed by atoms with Gasteiger partial charge >= 0.3 is 0 Å². The lowest BCUT2D eigenvalue weighted by molar-refractivity contribution is 0.243. The molecule has 0 heterocycles. The van der Waals surface area contributed by atoms with Gasteiger partial charge in [-0.1, -0.05) is 12.1 Å². The number of nitrogens with one attached hydrogen (secondary N) is 1. The molecule has 0 fully saturated rings. The summed E-state index contributed by atoms with van der Waals surface area (Å²) in [6.45, 7) is 6.84. The third-order valence-electron chi connectivity index (χ3n) is 2.48. The van der Waals surface area contributed by atoms with Gasteiger partial charge in [0.05, 0.1) is 13.2 Å². The molecule has 1 rings (SSSR count). The first-order valence-corrected chi connectivity index (χ1v) is 5.77. The van der Waals surface area contributed by atoms with Crippen LogP contribution in [0.15, 0.2) is 24.3 Å². The SMILES string of the molecule is CCOc1cccc(C(C)N[C@H](C)CO)c1. The predicted molar refractivity (Wildman–Crippen MR) is 65.7 cm³/mol. The Morgan fingerprint density at radius 3 is 2.75 bits per heavy atom. The number of benzene rings is 1. The van der Waals surface area contributed by atoms with E-state index in [1.54, 1.807) is 0 Å². The van der Waals surface area contributed by atoms with Gasteiger partial charge in [-0.3, -0.25) is 0 Å². The number of hydrogen-bond donors (Lipinski definition) is 2. The molecule has 2 atom stereocenters. The van der Waals surface area contributed by atoms with Gasteiger partial charge in [0.2, 0.25) is 0 Å². The van der Waals surface area contributed by atoms with E-state index in [0.29, 0.717) is 6.61 Å². The van der Waals surface area contributed by atoms with Gasteiger partial charge in [0.15, 0.2) is 0 Å². The van der Waals surface area contributed by atoms with Crippen molar-refractivity contribution in [2.45, 2.75) is 32.9 Å². The summed E-state index contributed by atoms with van der Waals surface area (Å²) in [5, 5.41) is 12.3. The summed E-state index contributed by atoms with van der Waals surface area (Å²) in [6, 6.07) is 8.35. The molecule has 1 aromatic rings. The molecule has 0 saturated carbocycles. The highest BCUT2D eigenvalue weighted by atomic mass is 16.5. The van der Waals surface area contributed by atoms with E-state index >= 15 is 0 Å². The van der Waals surface area contributed by atoms with Crippen LogP contribution in [0.2, 0.25) is 0 Å². The molecule has 0 aromatic heterocycles. The first-order chi connectivity index (χ1) is 7.67. The Hall–Kier alpha value is -1.06. The summed E-state index contributed by atoms with van der Waals surface area (Å²) in [5.41, 5.74) is 1.17. The lowest BCUT2D eigenvalue weighted by Crippen LogP contribution is -2.31. The van der Waals surface area contributed by atoms with Gasteiger partial charge in [-0.15, -0.1) is 0 Å². The molecule has 1 aromatic carbocycles. The third-order valence-corrected chi connectivity index (χ3v) is 2.48.